The number of halogens is 3. The molecule has 0 saturated heterocycles. The standard InChI is InChI=1S/C13H18F3NO/c1-9(17-8-12(2,3)18)10-5-4-6-11(7-10)13(14,15)16/h4-7,9,17-18H,8H2,1-3H3. The molecule has 2 N–H and O–H groups in total. The van der Waals surface area contributed by atoms with Crippen molar-refractivity contribution in [2.45, 2.75) is 38.6 Å². The van der Waals surface area contributed by atoms with E-state index in [2.05, 4.69) is 5.32 Å². The molecule has 0 saturated carbocycles. The summed E-state index contributed by atoms with van der Waals surface area (Å²) in [6.07, 6.45) is -4.33. The molecule has 0 spiro atoms. The van der Waals surface area contributed by atoms with Crippen LogP contribution in [0, 0.1) is 0 Å². The Hall–Kier alpha value is -1.07. The van der Waals surface area contributed by atoms with Gasteiger partial charge in [-0.15, -0.1) is 0 Å². The molecule has 0 radical (unpaired) electrons. The Balaban J connectivity index is 2.78. The Morgan fingerprint density at radius 3 is 2.39 bits per heavy atom. The number of hydrogen-bond donors (Lipinski definition) is 2. The zero-order valence-electron chi connectivity index (χ0n) is 10.7. The van der Waals surface area contributed by atoms with Gasteiger partial charge in [0.25, 0.3) is 0 Å². The maximum atomic E-state index is 12.5. The van der Waals surface area contributed by atoms with Gasteiger partial charge in [-0.05, 0) is 38.5 Å². The van der Waals surface area contributed by atoms with Gasteiger partial charge >= 0.3 is 6.18 Å². The fourth-order valence-corrected chi connectivity index (χ4v) is 1.51. The number of benzene rings is 1. The third-order valence-corrected chi connectivity index (χ3v) is 2.55. The fourth-order valence-electron chi connectivity index (χ4n) is 1.51. The van der Waals surface area contributed by atoms with E-state index in [9.17, 15) is 18.3 Å². The Labute approximate surface area is 105 Å². The molecule has 5 heteroatoms. The van der Waals surface area contributed by atoms with Crippen molar-refractivity contribution in [3.05, 3.63) is 35.4 Å². The van der Waals surface area contributed by atoms with Gasteiger partial charge in [0.2, 0.25) is 0 Å². The average Bonchev–Trinajstić information content (AvgIpc) is 2.24. The normalized spacial score (nSPS) is 14.6. The first-order valence-electron chi connectivity index (χ1n) is 5.72. The van der Waals surface area contributed by atoms with E-state index in [0.29, 0.717) is 12.1 Å². The van der Waals surface area contributed by atoms with Crippen LogP contribution in [0.5, 0.6) is 0 Å². The molecule has 1 atom stereocenters. The van der Waals surface area contributed by atoms with Crippen molar-refractivity contribution in [3.63, 3.8) is 0 Å². The van der Waals surface area contributed by atoms with Gasteiger partial charge in [0.15, 0.2) is 0 Å². The fraction of sp³-hybridized carbons (Fsp3) is 0.538. The smallest absolute Gasteiger partial charge is 0.389 e. The molecular weight excluding hydrogens is 243 g/mol. The molecule has 0 aromatic heterocycles. The van der Waals surface area contributed by atoms with Gasteiger partial charge in [-0.1, -0.05) is 12.1 Å². The predicted octanol–water partition coefficient (Wildman–Crippen LogP) is 3.13. The average molecular weight is 261 g/mol. The Bertz CT molecular complexity index is 396. The van der Waals surface area contributed by atoms with Crippen molar-refractivity contribution >= 4 is 0 Å². The van der Waals surface area contributed by atoms with Crippen LogP contribution in [0.1, 0.15) is 37.9 Å². The maximum Gasteiger partial charge on any atom is 0.416 e. The van der Waals surface area contributed by atoms with E-state index in [1.54, 1.807) is 26.8 Å². The number of aliphatic hydroxyl groups is 1. The van der Waals surface area contributed by atoms with Gasteiger partial charge in [0.1, 0.15) is 0 Å². The highest BCUT2D eigenvalue weighted by molar-refractivity contribution is 5.27. The molecule has 0 aliphatic carbocycles. The van der Waals surface area contributed by atoms with Gasteiger partial charge in [-0.2, -0.15) is 13.2 Å². The summed E-state index contributed by atoms with van der Waals surface area (Å²) in [4.78, 5) is 0. The minimum atomic E-state index is -4.33. The highest BCUT2D eigenvalue weighted by Crippen LogP contribution is 2.30. The van der Waals surface area contributed by atoms with Gasteiger partial charge in [-0.25, -0.2) is 0 Å². The van der Waals surface area contributed by atoms with Crippen molar-refractivity contribution < 1.29 is 18.3 Å². The second-order valence-electron chi connectivity index (χ2n) is 5.04. The first-order valence-corrected chi connectivity index (χ1v) is 5.72. The van der Waals surface area contributed by atoms with Crippen LogP contribution in [0.4, 0.5) is 13.2 Å². The van der Waals surface area contributed by atoms with E-state index in [1.165, 1.54) is 6.07 Å². The molecule has 2 nitrogen and oxygen atoms in total. The monoisotopic (exact) mass is 261 g/mol. The number of hydrogen-bond acceptors (Lipinski definition) is 2. The molecule has 18 heavy (non-hydrogen) atoms. The quantitative estimate of drug-likeness (QED) is 0.872. The SMILES string of the molecule is CC(NCC(C)(C)O)c1cccc(C(F)(F)F)c1. The summed E-state index contributed by atoms with van der Waals surface area (Å²) in [7, 11) is 0. The molecular formula is C13H18F3NO. The Kier molecular flexibility index (Phi) is 4.40. The van der Waals surface area contributed by atoms with Crippen LogP contribution in [0.25, 0.3) is 0 Å². The van der Waals surface area contributed by atoms with Crippen LogP contribution >= 0.6 is 0 Å². The number of nitrogens with one attached hydrogen (secondary N) is 1. The maximum absolute atomic E-state index is 12.5. The summed E-state index contributed by atoms with van der Waals surface area (Å²) in [5.41, 5.74) is -0.999. The lowest BCUT2D eigenvalue weighted by Crippen LogP contribution is -2.36. The van der Waals surface area contributed by atoms with Crippen molar-refractivity contribution in [2.24, 2.45) is 0 Å². The number of alkyl halides is 3. The molecule has 1 aromatic carbocycles. The lowest BCUT2D eigenvalue weighted by atomic mass is 10.0. The van der Waals surface area contributed by atoms with Crippen LogP contribution in [0.3, 0.4) is 0 Å². The van der Waals surface area contributed by atoms with E-state index in [4.69, 9.17) is 0 Å². The molecule has 0 bridgehead atoms. The van der Waals surface area contributed by atoms with E-state index >= 15 is 0 Å². The Morgan fingerprint density at radius 2 is 1.89 bits per heavy atom. The summed E-state index contributed by atoms with van der Waals surface area (Å²) < 4.78 is 37.6. The zero-order chi connectivity index (χ0) is 14.0. The molecule has 1 rings (SSSR count). The van der Waals surface area contributed by atoms with Gasteiger partial charge < -0.3 is 10.4 Å². The molecule has 1 unspecified atom stereocenters. The summed E-state index contributed by atoms with van der Waals surface area (Å²) in [5, 5.41) is 12.6. The lowest BCUT2D eigenvalue weighted by Gasteiger charge is -2.22. The van der Waals surface area contributed by atoms with Crippen LogP contribution in [-0.2, 0) is 6.18 Å². The zero-order valence-corrected chi connectivity index (χ0v) is 10.7. The van der Waals surface area contributed by atoms with Crippen molar-refractivity contribution in [1.29, 1.82) is 0 Å². The minimum Gasteiger partial charge on any atom is -0.389 e. The predicted molar refractivity (Wildman–Crippen MR) is 64.2 cm³/mol. The van der Waals surface area contributed by atoms with E-state index in [0.717, 1.165) is 12.1 Å². The lowest BCUT2D eigenvalue weighted by molar-refractivity contribution is -0.137. The van der Waals surface area contributed by atoms with Gasteiger partial charge in [0.05, 0.1) is 11.2 Å². The van der Waals surface area contributed by atoms with Crippen molar-refractivity contribution in [3.8, 4) is 0 Å². The summed E-state index contributed by atoms with van der Waals surface area (Å²) in [6.45, 7) is 5.35. The molecule has 102 valence electrons. The van der Waals surface area contributed by atoms with Gasteiger partial charge in [-0.3, -0.25) is 0 Å². The second kappa shape index (κ2) is 5.28. The molecule has 0 aliphatic rings. The third kappa shape index (κ3) is 4.66. The topological polar surface area (TPSA) is 32.3 Å². The minimum absolute atomic E-state index is 0.251. The molecule has 0 aliphatic heterocycles. The van der Waals surface area contributed by atoms with Crippen LogP contribution in [0.15, 0.2) is 24.3 Å². The number of rotatable bonds is 4. The van der Waals surface area contributed by atoms with Crippen LogP contribution < -0.4 is 5.32 Å². The van der Waals surface area contributed by atoms with E-state index in [-0.39, 0.29) is 6.04 Å². The first-order chi connectivity index (χ1) is 8.09. The third-order valence-electron chi connectivity index (χ3n) is 2.55. The van der Waals surface area contributed by atoms with E-state index in [1.807, 2.05) is 0 Å². The summed E-state index contributed by atoms with van der Waals surface area (Å²) in [5.74, 6) is 0. The Morgan fingerprint density at radius 1 is 1.28 bits per heavy atom. The van der Waals surface area contributed by atoms with Crippen LogP contribution in [0.2, 0.25) is 0 Å². The summed E-state index contributed by atoms with van der Waals surface area (Å²) in [6, 6.07) is 4.95. The van der Waals surface area contributed by atoms with Crippen molar-refractivity contribution in [2.75, 3.05) is 6.54 Å². The molecule has 0 heterocycles. The molecule has 0 fully saturated rings. The highest BCUT2D eigenvalue weighted by Gasteiger charge is 2.30. The molecule has 1 aromatic rings. The second-order valence-corrected chi connectivity index (χ2v) is 5.04. The molecule has 0 amide bonds. The largest absolute Gasteiger partial charge is 0.416 e. The van der Waals surface area contributed by atoms with Crippen LogP contribution in [-0.4, -0.2) is 17.3 Å². The van der Waals surface area contributed by atoms with Gasteiger partial charge in [0, 0.05) is 12.6 Å². The van der Waals surface area contributed by atoms with E-state index < -0.39 is 17.3 Å². The highest BCUT2D eigenvalue weighted by atomic mass is 19.4. The van der Waals surface area contributed by atoms with Crippen molar-refractivity contribution in [1.82, 2.24) is 5.32 Å². The first kappa shape index (κ1) is 15.0. The summed E-state index contributed by atoms with van der Waals surface area (Å²) >= 11 is 0.